The van der Waals surface area contributed by atoms with Crippen LogP contribution in [0.3, 0.4) is 0 Å². The van der Waals surface area contributed by atoms with Gasteiger partial charge in [0.1, 0.15) is 0 Å². The zero-order valence-electron chi connectivity index (χ0n) is 16.1. The topological polar surface area (TPSA) is 35.6 Å². The Hall–Kier alpha value is -1.98. The van der Waals surface area contributed by atoms with Crippen LogP contribution in [0, 0.1) is 0 Å². The Bertz CT molecular complexity index is 697. The van der Waals surface area contributed by atoms with Crippen molar-refractivity contribution in [1.29, 1.82) is 0 Å². The normalized spacial score (nSPS) is 14.9. The SMILES string of the molecule is CCSCc1ccc(C(=O)NCCN2CCN(c3ccccc3)CC2)cc1. The van der Waals surface area contributed by atoms with Gasteiger partial charge in [0, 0.05) is 56.3 Å². The lowest BCUT2D eigenvalue weighted by Gasteiger charge is -2.36. The lowest BCUT2D eigenvalue weighted by molar-refractivity contribution is 0.0948. The zero-order valence-corrected chi connectivity index (χ0v) is 16.9. The van der Waals surface area contributed by atoms with Gasteiger partial charge in [0.2, 0.25) is 0 Å². The van der Waals surface area contributed by atoms with Crippen molar-refractivity contribution < 1.29 is 4.79 Å². The van der Waals surface area contributed by atoms with Crippen LogP contribution in [0.15, 0.2) is 54.6 Å². The summed E-state index contributed by atoms with van der Waals surface area (Å²) in [5.74, 6) is 2.14. The summed E-state index contributed by atoms with van der Waals surface area (Å²) in [6.45, 7) is 7.90. The largest absolute Gasteiger partial charge is 0.369 e. The molecule has 4 nitrogen and oxygen atoms in total. The molecule has 3 rings (SSSR count). The van der Waals surface area contributed by atoms with Gasteiger partial charge in [-0.1, -0.05) is 37.3 Å². The van der Waals surface area contributed by atoms with Crippen LogP contribution in [0.4, 0.5) is 5.69 Å². The first kappa shape index (κ1) is 19.8. The molecule has 1 aliphatic rings. The third kappa shape index (κ3) is 6.01. The van der Waals surface area contributed by atoms with Gasteiger partial charge < -0.3 is 10.2 Å². The minimum atomic E-state index is 0.0209. The number of benzene rings is 2. The van der Waals surface area contributed by atoms with E-state index in [0.29, 0.717) is 6.54 Å². The second-order valence-corrected chi connectivity index (χ2v) is 8.03. The fraction of sp³-hybridized carbons (Fsp3) is 0.409. The molecule has 144 valence electrons. The fourth-order valence-electron chi connectivity index (χ4n) is 3.27. The molecular weight excluding hydrogens is 354 g/mol. The summed E-state index contributed by atoms with van der Waals surface area (Å²) in [7, 11) is 0. The Balaban J connectivity index is 1.37. The maximum atomic E-state index is 12.3. The van der Waals surface area contributed by atoms with Crippen LogP contribution in [0.2, 0.25) is 0 Å². The number of carbonyl (C=O) groups excluding carboxylic acids is 1. The predicted molar refractivity (Wildman–Crippen MR) is 116 cm³/mol. The summed E-state index contributed by atoms with van der Waals surface area (Å²) in [4.78, 5) is 17.2. The molecule has 0 saturated carbocycles. The number of piperazine rings is 1. The van der Waals surface area contributed by atoms with Gasteiger partial charge in [0.25, 0.3) is 5.91 Å². The average Bonchev–Trinajstić information content (AvgIpc) is 2.73. The number of nitrogens with one attached hydrogen (secondary N) is 1. The van der Waals surface area contributed by atoms with Gasteiger partial charge in [-0.3, -0.25) is 9.69 Å². The molecule has 2 aromatic carbocycles. The maximum Gasteiger partial charge on any atom is 0.251 e. The molecule has 1 N–H and O–H groups in total. The highest BCUT2D eigenvalue weighted by Gasteiger charge is 2.16. The van der Waals surface area contributed by atoms with Crippen LogP contribution in [0.25, 0.3) is 0 Å². The summed E-state index contributed by atoms with van der Waals surface area (Å²) >= 11 is 1.89. The second-order valence-electron chi connectivity index (χ2n) is 6.75. The van der Waals surface area contributed by atoms with Gasteiger partial charge in [-0.15, -0.1) is 0 Å². The van der Waals surface area contributed by atoms with E-state index in [2.05, 4.69) is 64.5 Å². The number of hydrogen-bond acceptors (Lipinski definition) is 4. The van der Waals surface area contributed by atoms with E-state index in [9.17, 15) is 4.79 Å². The standard InChI is InChI=1S/C22H29N3OS/c1-2-27-18-19-8-10-20(11-9-19)22(26)23-12-13-24-14-16-25(17-15-24)21-6-4-3-5-7-21/h3-11H,2,12-18H2,1H3,(H,23,26). The van der Waals surface area contributed by atoms with Gasteiger partial charge in [-0.05, 0) is 35.6 Å². The van der Waals surface area contributed by atoms with E-state index < -0.39 is 0 Å². The summed E-state index contributed by atoms with van der Waals surface area (Å²) < 4.78 is 0. The molecule has 1 saturated heterocycles. The van der Waals surface area contributed by atoms with Gasteiger partial charge in [0.05, 0.1) is 0 Å². The molecule has 0 aromatic heterocycles. The molecule has 0 radical (unpaired) electrons. The van der Waals surface area contributed by atoms with E-state index in [4.69, 9.17) is 0 Å². The van der Waals surface area contributed by atoms with Crippen LogP contribution in [0.5, 0.6) is 0 Å². The Morgan fingerprint density at radius 1 is 1.00 bits per heavy atom. The van der Waals surface area contributed by atoms with Crippen molar-refractivity contribution in [3.63, 3.8) is 0 Å². The number of anilines is 1. The van der Waals surface area contributed by atoms with E-state index in [-0.39, 0.29) is 5.91 Å². The third-order valence-electron chi connectivity index (χ3n) is 4.90. The molecule has 0 bridgehead atoms. The molecule has 0 atom stereocenters. The Kier molecular flexibility index (Phi) is 7.60. The summed E-state index contributed by atoms with van der Waals surface area (Å²) in [6, 6.07) is 18.5. The van der Waals surface area contributed by atoms with E-state index in [1.165, 1.54) is 11.3 Å². The van der Waals surface area contributed by atoms with Crippen LogP contribution >= 0.6 is 11.8 Å². The molecule has 5 heteroatoms. The van der Waals surface area contributed by atoms with Gasteiger partial charge in [-0.2, -0.15) is 11.8 Å². The first-order chi connectivity index (χ1) is 13.3. The third-order valence-corrected chi connectivity index (χ3v) is 5.84. The van der Waals surface area contributed by atoms with Crippen molar-refractivity contribution in [2.45, 2.75) is 12.7 Å². The van der Waals surface area contributed by atoms with E-state index in [0.717, 1.165) is 49.8 Å². The summed E-state index contributed by atoms with van der Waals surface area (Å²) in [5.41, 5.74) is 3.31. The highest BCUT2D eigenvalue weighted by molar-refractivity contribution is 7.98. The lowest BCUT2D eigenvalue weighted by atomic mass is 10.1. The molecule has 0 aliphatic carbocycles. The minimum Gasteiger partial charge on any atom is -0.369 e. The van der Waals surface area contributed by atoms with Crippen LogP contribution in [-0.4, -0.2) is 55.8 Å². The van der Waals surface area contributed by atoms with Crippen LogP contribution in [0.1, 0.15) is 22.8 Å². The van der Waals surface area contributed by atoms with Crippen LogP contribution in [-0.2, 0) is 5.75 Å². The fourth-order valence-corrected chi connectivity index (χ4v) is 3.90. The number of nitrogens with zero attached hydrogens (tertiary/aromatic N) is 2. The quantitative estimate of drug-likeness (QED) is 0.757. The Morgan fingerprint density at radius 2 is 1.70 bits per heavy atom. The number of thioether (sulfide) groups is 1. The average molecular weight is 384 g/mol. The summed E-state index contributed by atoms with van der Waals surface area (Å²) in [6.07, 6.45) is 0. The molecule has 0 spiro atoms. The predicted octanol–water partition coefficient (Wildman–Crippen LogP) is 3.49. The van der Waals surface area contributed by atoms with Crippen molar-refractivity contribution in [2.75, 3.05) is 49.9 Å². The van der Waals surface area contributed by atoms with Gasteiger partial charge >= 0.3 is 0 Å². The smallest absolute Gasteiger partial charge is 0.251 e. The number of carbonyl (C=O) groups is 1. The zero-order chi connectivity index (χ0) is 18.9. The number of para-hydroxylation sites is 1. The first-order valence-corrected chi connectivity index (χ1v) is 10.9. The van der Waals surface area contributed by atoms with Crippen molar-refractivity contribution in [1.82, 2.24) is 10.2 Å². The first-order valence-electron chi connectivity index (χ1n) is 9.73. The minimum absolute atomic E-state index is 0.0209. The van der Waals surface area contributed by atoms with Gasteiger partial charge in [-0.25, -0.2) is 0 Å². The summed E-state index contributed by atoms with van der Waals surface area (Å²) in [5, 5.41) is 3.05. The molecule has 27 heavy (non-hydrogen) atoms. The maximum absolute atomic E-state index is 12.3. The number of hydrogen-bond donors (Lipinski definition) is 1. The van der Waals surface area contributed by atoms with Crippen molar-refractivity contribution >= 4 is 23.4 Å². The van der Waals surface area contributed by atoms with Crippen molar-refractivity contribution in [3.05, 3.63) is 65.7 Å². The van der Waals surface area contributed by atoms with Crippen molar-refractivity contribution in [3.8, 4) is 0 Å². The Labute approximate surface area is 166 Å². The number of amides is 1. The molecule has 1 fully saturated rings. The van der Waals surface area contributed by atoms with Gasteiger partial charge in [0.15, 0.2) is 0 Å². The molecule has 1 aliphatic heterocycles. The Morgan fingerprint density at radius 3 is 2.37 bits per heavy atom. The van der Waals surface area contributed by atoms with E-state index in [1.807, 2.05) is 23.9 Å². The highest BCUT2D eigenvalue weighted by Crippen LogP contribution is 2.15. The number of rotatable bonds is 8. The molecular formula is C22H29N3OS. The molecule has 0 unspecified atom stereocenters. The van der Waals surface area contributed by atoms with Crippen molar-refractivity contribution in [2.24, 2.45) is 0 Å². The molecule has 1 amide bonds. The monoisotopic (exact) mass is 383 g/mol. The van der Waals surface area contributed by atoms with E-state index in [1.54, 1.807) is 0 Å². The lowest BCUT2D eigenvalue weighted by Crippen LogP contribution is -2.48. The highest BCUT2D eigenvalue weighted by atomic mass is 32.2. The molecule has 2 aromatic rings. The second kappa shape index (κ2) is 10.4. The molecule has 1 heterocycles. The van der Waals surface area contributed by atoms with Crippen LogP contribution < -0.4 is 10.2 Å². The van der Waals surface area contributed by atoms with E-state index >= 15 is 0 Å².